The first-order valence-corrected chi connectivity index (χ1v) is 13.4. The van der Waals surface area contributed by atoms with Crippen LogP contribution in [0.4, 0.5) is 5.69 Å². The van der Waals surface area contributed by atoms with E-state index in [9.17, 15) is 19.7 Å². The maximum Gasteiger partial charge on any atom is 0.455 e. The third-order valence-electron chi connectivity index (χ3n) is 8.19. The summed E-state index contributed by atoms with van der Waals surface area (Å²) < 4.78 is 6.10. The van der Waals surface area contributed by atoms with Gasteiger partial charge in [0.15, 0.2) is 0 Å². The average molecular weight is 499 g/mol. The number of phenolic OH excluding ortho intramolecular Hbond substituents is 1. The van der Waals surface area contributed by atoms with Gasteiger partial charge < -0.3 is 14.8 Å². The van der Waals surface area contributed by atoms with E-state index in [1.807, 2.05) is 30.3 Å². The molecule has 0 spiro atoms. The van der Waals surface area contributed by atoms with E-state index in [4.69, 9.17) is 4.65 Å². The van der Waals surface area contributed by atoms with E-state index in [0.29, 0.717) is 24.8 Å². The van der Waals surface area contributed by atoms with E-state index in [1.165, 1.54) is 16.0 Å². The molecule has 2 amide bonds. The molecule has 2 fully saturated rings. The molecule has 192 valence electrons. The Hall–Kier alpha value is -3.16. The minimum absolute atomic E-state index is 0.131. The molecule has 3 aliphatic rings. The standard InChI is InChI=1S/C30H34BNO5/c1-3-19(16-20-10-13-23(33)14-11-20)12-15-26-27-21(4-2)17-24-28(25(27)18-31(36)37-26)30(35)32(29(24)34)22-8-6-5-7-9-22/h5-11,13-14,16,24-26,28,33,36H,3-4,12,15,17-18H2,1-2H3/b19-16+/t24-,25+,26-,28-/m1/s1. The number of amides is 2. The van der Waals surface area contributed by atoms with Crippen molar-refractivity contribution in [2.45, 2.75) is 58.4 Å². The summed E-state index contributed by atoms with van der Waals surface area (Å²) in [6.45, 7) is 4.22. The number of phenols is 1. The SMILES string of the molecule is CCC1=C2[C@@H](CC/C(=C/c3ccc(O)cc3)CC)OB(O)C[C@@H]2[C@@H]2C(=O)N(c3ccccc3)C(=O)[C@@H]2C1. The summed E-state index contributed by atoms with van der Waals surface area (Å²) in [7, 11) is -0.963. The Morgan fingerprint density at radius 2 is 1.78 bits per heavy atom. The lowest BCUT2D eigenvalue weighted by atomic mass is 9.58. The van der Waals surface area contributed by atoms with E-state index >= 15 is 0 Å². The Bertz CT molecular complexity index is 1220. The van der Waals surface area contributed by atoms with Gasteiger partial charge in [0.1, 0.15) is 5.75 Å². The number of carbonyl (C=O) groups excluding carboxylic acids is 2. The highest BCUT2D eigenvalue weighted by Crippen LogP contribution is 2.51. The number of benzene rings is 2. The Kier molecular flexibility index (Phi) is 7.36. The van der Waals surface area contributed by atoms with Crippen molar-refractivity contribution in [3.63, 3.8) is 0 Å². The van der Waals surface area contributed by atoms with Gasteiger partial charge >= 0.3 is 7.12 Å². The van der Waals surface area contributed by atoms with Gasteiger partial charge in [0, 0.05) is 0 Å². The van der Waals surface area contributed by atoms with Crippen LogP contribution in [0.25, 0.3) is 6.08 Å². The molecule has 0 bridgehead atoms. The van der Waals surface area contributed by atoms with Crippen molar-refractivity contribution in [1.82, 2.24) is 0 Å². The Labute approximate surface area is 218 Å². The molecule has 2 aromatic rings. The molecule has 5 rings (SSSR count). The molecule has 2 aliphatic heterocycles. The molecule has 0 radical (unpaired) electrons. The fourth-order valence-corrected chi connectivity index (χ4v) is 6.41. The van der Waals surface area contributed by atoms with Crippen LogP contribution < -0.4 is 4.90 Å². The monoisotopic (exact) mass is 499 g/mol. The summed E-state index contributed by atoms with van der Waals surface area (Å²) in [5.74, 6) is -1.09. The van der Waals surface area contributed by atoms with E-state index in [1.54, 1.807) is 24.3 Å². The second kappa shape index (κ2) is 10.7. The Balaban J connectivity index is 1.41. The first-order chi connectivity index (χ1) is 17.9. The molecular formula is C30H34BNO5. The number of hydrogen-bond donors (Lipinski definition) is 2. The number of para-hydroxylation sites is 1. The van der Waals surface area contributed by atoms with Crippen LogP contribution in [-0.4, -0.2) is 35.2 Å². The van der Waals surface area contributed by atoms with Crippen molar-refractivity contribution in [2.75, 3.05) is 4.90 Å². The van der Waals surface area contributed by atoms with Crippen LogP contribution in [0.15, 0.2) is 71.3 Å². The molecule has 2 saturated heterocycles. The molecule has 1 aliphatic carbocycles. The predicted octanol–water partition coefficient (Wildman–Crippen LogP) is 5.38. The highest BCUT2D eigenvalue weighted by atomic mass is 16.5. The minimum Gasteiger partial charge on any atom is -0.508 e. The molecule has 2 N–H and O–H groups in total. The van der Waals surface area contributed by atoms with Gasteiger partial charge in [-0.15, -0.1) is 0 Å². The van der Waals surface area contributed by atoms with Gasteiger partial charge in [-0.1, -0.05) is 61.4 Å². The van der Waals surface area contributed by atoms with Crippen molar-refractivity contribution in [3.05, 3.63) is 76.9 Å². The maximum absolute atomic E-state index is 13.7. The molecular weight excluding hydrogens is 465 g/mol. The lowest BCUT2D eigenvalue weighted by molar-refractivity contribution is -0.122. The lowest BCUT2D eigenvalue weighted by Gasteiger charge is -2.43. The second-order valence-corrected chi connectivity index (χ2v) is 10.3. The van der Waals surface area contributed by atoms with E-state index < -0.39 is 13.0 Å². The highest BCUT2D eigenvalue weighted by molar-refractivity contribution is 6.43. The number of fused-ring (bicyclic) bond motifs is 3. The van der Waals surface area contributed by atoms with Gasteiger partial charge in [-0.2, -0.15) is 0 Å². The summed E-state index contributed by atoms with van der Waals surface area (Å²) in [6.07, 6.45) is 5.92. The lowest BCUT2D eigenvalue weighted by Crippen LogP contribution is -2.46. The van der Waals surface area contributed by atoms with E-state index in [0.717, 1.165) is 30.4 Å². The fourth-order valence-electron chi connectivity index (χ4n) is 6.41. The largest absolute Gasteiger partial charge is 0.508 e. The summed E-state index contributed by atoms with van der Waals surface area (Å²) in [5.41, 5.74) is 5.22. The summed E-state index contributed by atoms with van der Waals surface area (Å²) >= 11 is 0. The number of anilines is 1. The third-order valence-corrected chi connectivity index (χ3v) is 8.19. The number of rotatable bonds is 7. The zero-order valence-corrected chi connectivity index (χ0v) is 21.5. The average Bonchev–Trinajstić information content (AvgIpc) is 3.16. The molecule has 2 heterocycles. The Morgan fingerprint density at radius 1 is 1.05 bits per heavy atom. The number of imide groups is 1. The van der Waals surface area contributed by atoms with Crippen molar-refractivity contribution >= 4 is 30.7 Å². The van der Waals surface area contributed by atoms with Crippen LogP contribution in [0, 0.1) is 17.8 Å². The van der Waals surface area contributed by atoms with Crippen LogP contribution in [-0.2, 0) is 14.2 Å². The van der Waals surface area contributed by atoms with Crippen LogP contribution in [0.2, 0.25) is 6.32 Å². The topological polar surface area (TPSA) is 87.1 Å². The zero-order chi connectivity index (χ0) is 26.1. The van der Waals surface area contributed by atoms with Crippen LogP contribution >= 0.6 is 0 Å². The van der Waals surface area contributed by atoms with Gasteiger partial charge in [0.2, 0.25) is 11.8 Å². The number of nitrogens with zero attached hydrogens (tertiary/aromatic N) is 1. The van der Waals surface area contributed by atoms with E-state index in [-0.39, 0.29) is 35.5 Å². The van der Waals surface area contributed by atoms with Gasteiger partial charge in [-0.3, -0.25) is 14.5 Å². The van der Waals surface area contributed by atoms with Crippen molar-refractivity contribution in [2.24, 2.45) is 17.8 Å². The quantitative estimate of drug-likeness (QED) is 0.304. The van der Waals surface area contributed by atoms with Gasteiger partial charge in [-0.05, 0) is 79.7 Å². The number of carbonyl (C=O) groups is 2. The first-order valence-electron chi connectivity index (χ1n) is 13.4. The molecule has 6 nitrogen and oxygen atoms in total. The van der Waals surface area contributed by atoms with Gasteiger partial charge in [0.25, 0.3) is 0 Å². The van der Waals surface area contributed by atoms with Crippen LogP contribution in [0.5, 0.6) is 5.75 Å². The normalized spacial score (nSPS) is 26.0. The number of hydrogen-bond acceptors (Lipinski definition) is 5. The van der Waals surface area contributed by atoms with Gasteiger partial charge in [0.05, 0.1) is 23.6 Å². The molecule has 2 aromatic carbocycles. The van der Waals surface area contributed by atoms with Crippen molar-refractivity contribution < 1.29 is 24.4 Å². The Morgan fingerprint density at radius 3 is 2.46 bits per heavy atom. The zero-order valence-electron chi connectivity index (χ0n) is 21.5. The van der Waals surface area contributed by atoms with Crippen molar-refractivity contribution in [1.29, 1.82) is 0 Å². The summed E-state index contributed by atoms with van der Waals surface area (Å²) in [5, 5.41) is 20.3. The first kappa shape index (κ1) is 25.5. The summed E-state index contributed by atoms with van der Waals surface area (Å²) in [6, 6.07) is 16.3. The van der Waals surface area contributed by atoms with Crippen LogP contribution in [0.3, 0.4) is 0 Å². The minimum atomic E-state index is -0.963. The van der Waals surface area contributed by atoms with Crippen LogP contribution in [0.1, 0.15) is 51.5 Å². The van der Waals surface area contributed by atoms with E-state index in [2.05, 4.69) is 19.9 Å². The predicted molar refractivity (Wildman–Crippen MR) is 145 cm³/mol. The molecule has 37 heavy (non-hydrogen) atoms. The number of allylic oxidation sites excluding steroid dienone is 2. The molecule has 4 atom stereocenters. The van der Waals surface area contributed by atoms with Crippen molar-refractivity contribution in [3.8, 4) is 5.75 Å². The fraction of sp³-hybridized carbons (Fsp3) is 0.400. The highest BCUT2D eigenvalue weighted by Gasteiger charge is 2.57. The summed E-state index contributed by atoms with van der Waals surface area (Å²) in [4.78, 5) is 28.5. The molecule has 0 aromatic heterocycles. The van der Waals surface area contributed by atoms with Gasteiger partial charge in [-0.25, -0.2) is 0 Å². The molecule has 0 unspecified atom stereocenters. The maximum atomic E-state index is 13.7. The molecule has 0 saturated carbocycles. The smallest absolute Gasteiger partial charge is 0.455 e. The second-order valence-electron chi connectivity index (χ2n) is 10.3. The molecule has 7 heteroatoms. The third kappa shape index (κ3) is 4.90. The number of aromatic hydroxyl groups is 1.